The molecule has 4 rings (SSSR count). The van der Waals surface area contributed by atoms with Crippen LogP contribution in [0, 0.1) is 12.0 Å². The average Bonchev–Trinajstić information content (AvgIpc) is 2.92. The number of amides is 2. The van der Waals surface area contributed by atoms with E-state index in [1.807, 2.05) is 20.8 Å². The number of sulfone groups is 1. The second-order valence-corrected chi connectivity index (χ2v) is 12.8. The second-order valence-electron chi connectivity index (χ2n) is 10.8. The Morgan fingerprint density at radius 3 is 2.15 bits per heavy atom. The van der Waals surface area contributed by atoms with Crippen LogP contribution in [0.25, 0.3) is 15.6 Å². The summed E-state index contributed by atoms with van der Waals surface area (Å²) in [6, 6.07) is 24.7. The zero-order valence-electron chi connectivity index (χ0n) is 22.6. The first-order chi connectivity index (χ1) is 19.0. The molecule has 0 aliphatic heterocycles. The van der Waals surface area contributed by atoms with E-state index in [4.69, 9.17) is 6.57 Å². The number of carbonyl (C=O) groups excluding carboxylic acids is 2. The lowest BCUT2D eigenvalue weighted by atomic mass is 10.0. The first-order valence-corrected chi connectivity index (χ1v) is 14.5. The molecule has 40 heavy (non-hydrogen) atoms. The Bertz CT molecular complexity index is 1680. The topological polar surface area (TPSA) is 96.7 Å². The van der Waals surface area contributed by atoms with Gasteiger partial charge in [-0.25, -0.2) is 13.3 Å². The minimum atomic E-state index is -3.59. The number of fused-ring (bicyclic) bond motifs is 1. The third kappa shape index (κ3) is 6.93. The highest BCUT2D eigenvalue weighted by atomic mass is 32.2. The number of nitrogens with zero attached hydrogens (tertiary/aromatic N) is 1. The van der Waals surface area contributed by atoms with Gasteiger partial charge in [-0.3, -0.25) is 9.59 Å². The molecule has 0 aliphatic carbocycles. The fourth-order valence-corrected chi connectivity index (χ4v) is 6.61. The smallest absolute Gasteiger partial charge is 0.251 e. The molecule has 0 bridgehead atoms. The highest BCUT2D eigenvalue weighted by Crippen LogP contribution is 2.32. The number of benzene rings is 4. The van der Waals surface area contributed by atoms with Crippen molar-refractivity contribution in [2.24, 2.45) is 5.41 Å². The van der Waals surface area contributed by atoms with Crippen molar-refractivity contribution in [1.29, 1.82) is 0 Å². The van der Waals surface area contributed by atoms with Gasteiger partial charge in [0.25, 0.3) is 5.91 Å². The van der Waals surface area contributed by atoms with Crippen LogP contribution in [0.5, 0.6) is 0 Å². The van der Waals surface area contributed by atoms with E-state index < -0.39 is 33.1 Å². The normalized spacial score (nSPS) is 12.3. The molecule has 0 fully saturated rings. The molecule has 0 saturated heterocycles. The zero-order valence-corrected chi connectivity index (χ0v) is 23.5. The maximum Gasteiger partial charge on any atom is 0.251 e. The summed E-state index contributed by atoms with van der Waals surface area (Å²) < 4.78 is 26.5. The molecule has 2 amide bonds. The first-order valence-electron chi connectivity index (χ1n) is 12.8. The molecule has 204 valence electrons. The summed E-state index contributed by atoms with van der Waals surface area (Å²) in [4.78, 5) is 30.2. The Morgan fingerprint density at radius 1 is 0.850 bits per heavy atom. The van der Waals surface area contributed by atoms with Crippen LogP contribution < -0.4 is 10.6 Å². The van der Waals surface area contributed by atoms with Crippen LogP contribution in [0.1, 0.15) is 36.7 Å². The van der Waals surface area contributed by atoms with Crippen molar-refractivity contribution in [3.05, 3.63) is 114 Å². The van der Waals surface area contributed by atoms with Gasteiger partial charge in [-0.05, 0) is 35.2 Å². The molecule has 8 heteroatoms. The maximum atomic E-state index is 13.6. The van der Waals surface area contributed by atoms with Gasteiger partial charge in [0.1, 0.15) is 6.04 Å². The van der Waals surface area contributed by atoms with Crippen molar-refractivity contribution in [2.45, 2.75) is 38.1 Å². The lowest BCUT2D eigenvalue weighted by Gasteiger charge is -2.21. The van der Waals surface area contributed by atoms with Gasteiger partial charge in [0.2, 0.25) is 5.91 Å². The zero-order chi connectivity index (χ0) is 28.9. The van der Waals surface area contributed by atoms with Gasteiger partial charge in [0.05, 0.1) is 17.2 Å². The van der Waals surface area contributed by atoms with Gasteiger partial charge in [0, 0.05) is 28.4 Å². The molecule has 0 aliphatic rings. The molecule has 7 nitrogen and oxygen atoms in total. The van der Waals surface area contributed by atoms with Gasteiger partial charge < -0.3 is 10.6 Å². The molecule has 4 aromatic rings. The van der Waals surface area contributed by atoms with Crippen LogP contribution in [0.2, 0.25) is 0 Å². The number of hydrogen-bond donors (Lipinski definition) is 2. The maximum absolute atomic E-state index is 13.6. The Balaban J connectivity index is 1.66. The largest absolute Gasteiger partial charge is 0.340 e. The van der Waals surface area contributed by atoms with Crippen molar-refractivity contribution < 1.29 is 18.0 Å². The van der Waals surface area contributed by atoms with E-state index in [1.165, 1.54) is 0 Å². The van der Waals surface area contributed by atoms with Crippen LogP contribution in [-0.2, 0) is 21.1 Å². The Kier molecular flexibility index (Phi) is 8.36. The quantitative estimate of drug-likeness (QED) is 0.254. The molecule has 1 atom stereocenters. The minimum Gasteiger partial charge on any atom is -0.340 e. The van der Waals surface area contributed by atoms with Crippen LogP contribution in [0.3, 0.4) is 0 Å². The van der Waals surface area contributed by atoms with E-state index >= 15 is 0 Å². The number of rotatable bonds is 8. The standard InChI is InChI=1S/C32H31N3O4S/c1-32(2,3)21-40(38,39)29-15-9-12-25-26(29)13-8-14-27(25)34-31(37)28(20-22-16-18-24(33-4)19-17-22)35-30(36)23-10-6-5-7-11-23/h5-19,28H,20-21H2,1-3H3,(H,34,37)(H,35,36)/t28-/m0/s1. The first kappa shape index (κ1) is 28.5. The highest BCUT2D eigenvalue weighted by Gasteiger charge is 2.26. The summed E-state index contributed by atoms with van der Waals surface area (Å²) in [5.74, 6) is -0.865. The number of anilines is 1. The average molecular weight is 554 g/mol. The van der Waals surface area contributed by atoms with Crippen LogP contribution in [0.15, 0.2) is 95.9 Å². The fourth-order valence-electron chi connectivity index (χ4n) is 4.51. The molecule has 2 N–H and O–H groups in total. The van der Waals surface area contributed by atoms with Crippen molar-refractivity contribution in [1.82, 2.24) is 5.32 Å². The van der Waals surface area contributed by atoms with E-state index in [9.17, 15) is 18.0 Å². The molecule has 0 radical (unpaired) electrons. The molecule has 0 aromatic heterocycles. The predicted molar refractivity (Wildman–Crippen MR) is 158 cm³/mol. The van der Waals surface area contributed by atoms with Crippen molar-refractivity contribution in [2.75, 3.05) is 11.1 Å². The van der Waals surface area contributed by atoms with Gasteiger partial charge in [-0.2, -0.15) is 0 Å². The van der Waals surface area contributed by atoms with Crippen molar-refractivity contribution in [3.63, 3.8) is 0 Å². The molecule has 0 unspecified atom stereocenters. The number of carbonyl (C=O) groups is 2. The number of hydrogen-bond acceptors (Lipinski definition) is 4. The van der Waals surface area contributed by atoms with Crippen LogP contribution in [-0.4, -0.2) is 32.0 Å². The molecule has 4 aromatic carbocycles. The summed E-state index contributed by atoms with van der Waals surface area (Å²) in [6.07, 6.45) is 0.193. The summed E-state index contributed by atoms with van der Waals surface area (Å²) in [7, 11) is -3.59. The van der Waals surface area contributed by atoms with E-state index in [0.717, 1.165) is 5.56 Å². The minimum absolute atomic E-state index is 0.0183. The summed E-state index contributed by atoms with van der Waals surface area (Å²) >= 11 is 0. The van der Waals surface area contributed by atoms with E-state index in [2.05, 4.69) is 15.5 Å². The van der Waals surface area contributed by atoms with Crippen molar-refractivity contribution >= 4 is 43.8 Å². The molecule has 0 heterocycles. The van der Waals surface area contributed by atoms with Gasteiger partial charge in [0.15, 0.2) is 15.5 Å². The molecular weight excluding hydrogens is 522 g/mol. The summed E-state index contributed by atoms with van der Waals surface area (Å²) in [6.45, 7) is 12.8. The van der Waals surface area contributed by atoms with Gasteiger partial charge >= 0.3 is 0 Å². The predicted octanol–water partition coefficient (Wildman–Crippen LogP) is 6.19. The summed E-state index contributed by atoms with van der Waals surface area (Å²) in [5.41, 5.74) is 1.69. The van der Waals surface area contributed by atoms with Crippen molar-refractivity contribution in [3.8, 4) is 0 Å². The molecule has 0 spiro atoms. The Hall–Kier alpha value is -4.48. The third-order valence-electron chi connectivity index (χ3n) is 6.26. The lowest BCUT2D eigenvalue weighted by molar-refractivity contribution is -0.118. The Morgan fingerprint density at radius 2 is 1.50 bits per heavy atom. The molecular formula is C32H31N3O4S. The van der Waals surface area contributed by atoms with E-state index in [0.29, 0.717) is 27.7 Å². The Labute approximate surface area is 235 Å². The highest BCUT2D eigenvalue weighted by molar-refractivity contribution is 7.91. The molecule has 0 saturated carbocycles. The SMILES string of the molecule is [C-]#[N+]c1ccc(C[C@H](NC(=O)c2ccccc2)C(=O)Nc2cccc3c(S(=O)(=O)CC(C)(C)C)cccc23)cc1. The number of nitrogens with one attached hydrogen (secondary N) is 2. The monoisotopic (exact) mass is 553 g/mol. The van der Waals surface area contributed by atoms with Crippen LogP contribution >= 0.6 is 0 Å². The van der Waals surface area contributed by atoms with Gasteiger partial charge in [-0.1, -0.05) is 87.5 Å². The van der Waals surface area contributed by atoms with Crippen LogP contribution in [0.4, 0.5) is 11.4 Å². The third-order valence-corrected chi connectivity index (χ3v) is 8.53. The lowest BCUT2D eigenvalue weighted by Crippen LogP contribution is -2.45. The van der Waals surface area contributed by atoms with Gasteiger partial charge in [-0.15, -0.1) is 0 Å². The fraction of sp³-hybridized carbons (Fsp3) is 0.219. The van der Waals surface area contributed by atoms with E-state index in [1.54, 1.807) is 91.0 Å². The summed E-state index contributed by atoms with van der Waals surface area (Å²) in [5, 5.41) is 6.85. The van der Waals surface area contributed by atoms with E-state index in [-0.39, 0.29) is 17.1 Å². The second kappa shape index (κ2) is 11.7.